The van der Waals surface area contributed by atoms with E-state index < -0.39 is 11.4 Å². The summed E-state index contributed by atoms with van der Waals surface area (Å²) in [7, 11) is 0. The molecule has 3 rings (SSSR count). The Hall–Kier alpha value is -2.08. The molecule has 2 aliphatic rings. The number of carboxylic acid groups (broad SMARTS) is 1. The molecule has 2 amide bonds. The number of nitrogens with one attached hydrogen (secondary N) is 1. The zero-order valence-electron chi connectivity index (χ0n) is 15.7. The highest BCUT2D eigenvalue weighted by atomic mass is 16.4. The normalized spacial score (nSPS) is 23.0. The Morgan fingerprint density at radius 3 is 2.46 bits per heavy atom. The minimum atomic E-state index is -0.764. The Labute approximate surface area is 155 Å². The number of aliphatic carboxylic acids is 1. The average Bonchev–Trinajstić information content (AvgIpc) is 3.04. The number of aryl methyl sites for hydroxylation is 1. The van der Waals surface area contributed by atoms with Gasteiger partial charge in [0.05, 0.1) is 5.41 Å². The van der Waals surface area contributed by atoms with Gasteiger partial charge in [0.25, 0.3) is 0 Å². The van der Waals surface area contributed by atoms with Gasteiger partial charge >= 0.3 is 12.0 Å². The van der Waals surface area contributed by atoms with Gasteiger partial charge in [0.15, 0.2) is 0 Å². The summed E-state index contributed by atoms with van der Waals surface area (Å²) in [5.41, 5.74) is 1.86. The number of urea groups is 1. The van der Waals surface area contributed by atoms with E-state index in [9.17, 15) is 14.7 Å². The van der Waals surface area contributed by atoms with E-state index in [-0.39, 0.29) is 12.1 Å². The molecule has 0 aromatic heterocycles. The molecule has 142 valence electrons. The number of carboxylic acids is 1. The SMILES string of the molecule is Cc1ccc(CN2CCC(NC(=O)N3CCC(C)(C(=O)O)CC3)C2)cc1. The van der Waals surface area contributed by atoms with Gasteiger partial charge < -0.3 is 15.3 Å². The summed E-state index contributed by atoms with van der Waals surface area (Å²) < 4.78 is 0. The number of hydrogen-bond donors (Lipinski definition) is 2. The van der Waals surface area contributed by atoms with Gasteiger partial charge in [0.2, 0.25) is 0 Å². The quantitative estimate of drug-likeness (QED) is 0.866. The van der Waals surface area contributed by atoms with Crippen molar-refractivity contribution in [2.24, 2.45) is 5.41 Å². The number of carbonyl (C=O) groups is 2. The number of nitrogens with zero attached hydrogens (tertiary/aromatic N) is 2. The molecule has 0 spiro atoms. The first-order chi connectivity index (χ1) is 12.4. The van der Waals surface area contributed by atoms with Crippen LogP contribution in [0.2, 0.25) is 0 Å². The Morgan fingerprint density at radius 2 is 1.85 bits per heavy atom. The van der Waals surface area contributed by atoms with E-state index in [4.69, 9.17) is 0 Å². The van der Waals surface area contributed by atoms with Crippen LogP contribution in [0.5, 0.6) is 0 Å². The summed E-state index contributed by atoms with van der Waals surface area (Å²) in [6.07, 6.45) is 1.98. The largest absolute Gasteiger partial charge is 0.481 e. The van der Waals surface area contributed by atoms with E-state index in [1.807, 2.05) is 0 Å². The predicted molar refractivity (Wildman–Crippen MR) is 99.9 cm³/mol. The Kier molecular flexibility index (Phi) is 5.51. The zero-order valence-corrected chi connectivity index (χ0v) is 15.7. The second-order valence-corrected chi connectivity index (χ2v) is 8.01. The van der Waals surface area contributed by atoms with E-state index in [1.165, 1.54) is 11.1 Å². The molecule has 1 aromatic carbocycles. The monoisotopic (exact) mass is 359 g/mol. The summed E-state index contributed by atoms with van der Waals surface area (Å²) in [5, 5.41) is 12.4. The van der Waals surface area contributed by atoms with Crippen molar-refractivity contribution in [3.8, 4) is 0 Å². The Bertz CT molecular complexity index is 651. The fraction of sp³-hybridized carbons (Fsp3) is 0.600. The number of hydrogen-bond acceptors (Lipinski definition) is 3. The average molecular weight is 359 g/mol. The molecular weight excluding hydrogens is 330 g/mol. The number of benzene rings is 1. The van der Waals surface area contributed by atoms with Crippen molar-refractivity contribution in [2.45, 2.75) is 45.7 Å². The Balaban J connectivity index is 1.44. The van der Waals surface area contributed by atoms with Crippen LogP contribution >= 0.6 is 0 Å². The van der Waals surface area contributed by atoms with Crippen molar-refractivity contribution in [2.75, 3.05) is 26.2 Å². The summed E-state index contributed by atoms with van der Waals surface area (Å²) >= 11 is 0. The highest BCUT2D eigenvalue weighted by Gasteiger charge is 2.38. The molecule has 2 heterocycles. The van der Waals surface area contributed by atoms with Gasteiger partial charge in [-0.1, -0.05) is 29.8 Å². The second kappa shape index (κ2) is 7.66. The van der Waals surface area contributed by atoms with Crippen molar-refractivity contribution < 1.29 is 14.7 Å². The minimum Gasteiger partial charge on any atom is -0.481 e. The maximum Gasteiger partial charge on any atom is 0.317 e. The van der Waals surface area contributed by atoms with E-state index in [2.05, 4.69) is 41.4 Å². The topological polar surface area (TPSA) is 72.9 Å². The molecular formula is C20H29N3O3. The van der Waals surface area contributed by atoms with Crippen LogP contribution in [0.4, 0.5) is 4.79 Å². The molecule has 0 saturated carbocycles. The van der Waals surface area contributed by atoms with Crippen LogP contribution in [0.3, 0.4) is 0 Å². The number of carbonyl (C=O) groups excluding carboxylic acids is 1. The third-order valence-corrected chi connectivity index (χ3v) is 5.80. The Morgan fingerprint density at radius 1 is 1.19 bits per heavy atom. The van der Waals surface area contributed by atoms with E-state index in [0.29, 0.717) is 25.9 Å². The first kappa shape index (κ1) is 18.7. The van der Waals surface area contributed by atoms with Gasteiger partial charge in [-0.2, -0.15) is 0 Å². The lowest BCUT2D eigenvalue weighted by Gasteiger charge is -2.36. The number of piperidine rings is 1. The molecule has 1 unspecified atom stereocenters. The molecule has 2 fully saturated rings. The van der Waals surface area contributed by atoms with E-state index in [1.54, 1.807) is 11.8 Å². The van der Waals surface area contributed by atoms with Crippen molar-refractivity contribution in [3.05, 3.63) is 35.4 Å². The molecule has 2 aliphatic heterocycles. The highest BCUT2D eigenvalue weighted by molar-refractivity contribution is 5.77. The van der Waals surface area contributed by atoms with E-state index in [0.717, 1.165) is 26.1 Å². The van der Waals surface area contributed by atoms with Crippen LogP contribution in [-0.2, 0) is 11.3 Å². The second-order valence-electron chi connectivity index (χ2n) is 8.01. The molecule has 2 N–H and O–H groups in total. The highest BCUT2D eigenvalue weighted by Crippen LogP contribution is 2.31. The van der Waals surface area contributed by atoms with Crippen LogP contribution < -0.4 is 5.32 Å². The lowest BCUT2D eigenvalue weighted by molar-refractivity contribution is -0.150. The molecule has 0 radical (unpaired) electrons. The molecule has 6 heteroatoms. The smallest absolute Gasteiger partial charge is 0.317 e. The number of amides is 2. The third kappa shape index (κ3) is 4.36. The van der Waals surface area contributed by atoms with Crippen LogP contribution in [0, 0.1) is 12.3 Å². The standard InChI is InChI=1S/C20H29N3O3/c1-15-3-5-16(6-4-15)13-22-10-7-17(14-22)21-19(26)23-11-8-20(2,9-12-23)18(24)25/h3-6,17H,7-14H2,1-2H3,(H,21,26)(H,24,25). The molecule has 0 aliphatic carbocycles. The van der Waals surface area contributed by atoms with Crippen molar-refractivity contribution in [1.82, 2.24) is 15.1 Å². The molecule has 0 bridgehead atoms. The maximum absolute atomic E-state index is 12.5. The molecule has 1 aromatic rings. The fourth-order valence-corrected chi connectivity index (χ4v) is 3.73. The maximum atomic E-state index is 12.5. The third-order valence-electron chi connectivity index (χ3n) is 5.80. The van der Waals surface area contributed by atoms with Gasteiger partial charge in [-0.25, -0.2) is 4.79 Å². The zero-order chi connectivity index (χ0) is 18.7. The van der Waals surface area contributed by atoms with Crippen molar-refractivity contribution in [1.29, 1.82) is 0 Å². The summed E-state index contributed by atoms with van der Waals surface area (Å²) in [5.74, 6) is -0.764. The van der Waals surface area contributed by atoms with Crippen molar-refractivity contribution in [3.63, 3.8) is 0 Å². The predicted octanol–water partition coefficient (Wildman–Crippen LogP) is 2.47. The van der Waals surface area contributed by atoms with E-state index >= 15 is 0 Å². The number of rotatable bonds is 4. The lowest BCUT2D eigenvalue weighted by Crippen LogP contribution is -2.51. The van der Waals surface area contributed by atoms with Crippen LogP contribution in [0.15, 0.2) is 24.3 Å². The lowest BCUT2D eigenvalue weighted by atomic mass is 9.80. The summed E-state index contributed by atoms with van der Waals surface area (Å²) in [6.45, 7) is 7.63. The van der Waals surface area contributed by atoms with Crippen LogP contribution in [0.25, 0.3) is 0 Å². The van der Waals surface area contributed by atoms with Crippen LogP contribution in [-0.4, -0.2) is 59.1 Å². The van der Waals surface area contributed by atoms with Crippen molar-refractivity contribution >= 4 is 12.0 Å². The van der Waals surface area contributed by atoms with Gasteiger partial charge in [-0.15, -0.1) is 0 Å². The molecule has 26 heavy (non-hydrogen) atoms. The first-order valence-corrected chi connectivity index (χ1v) is 9.42. The number of likely N-dealkylation sites (tertiary alicyclic amines) is 2. The summed E-state index contributed by atoms with van der Waals surface area (Å²) in [6, 6.07) is 8.70. The first-order valence-electron chi connectivity index (χ1n) is 9.42. The van der Waals surface area contributed by atoms with Gasteiger partial charge in [-0.3, -0.25) is 9.69 Å². The van der Waals surface area contributed by atoms with Crippen LogP contribution in [0.1, 0.15) is 37.3 Å². The van der Waals surface area contributed by atoms with Gasteiger partial charge in [0.1, 0.15) is 0 Å². The van der Waals surface area contributed by atoms with Gasteiger partial charge in [-0.05, 0) is 38.7 Å². The van der Waals surface area contributed by atoms with Gasteiger partial charge in [0, 0.05) is 38.8 Å². The summed E-state index contributed by atoms with van der Waals surface area (Å²) in [4.78, 5) is 27.9. The minimum absolute atomic E-state index is 0.0559. The molecule has 1 atom stereocenters. The fourth-order valence-electron chi connectivity index (χ4n) is 3.73. The molecule has 2 saturated heterocycles. The molecule has 6 nitrogen and oxygen atoms in total.